The van der Waals surface area contributed by atoms with Gasteiger partial charge in [-0.15, -0.1) is 0 Å². The summed E-state index contributed by atoms with van der Waals surface area (Å²) in [5.74, 6) is -0.416. The van der Waals surface area contributed by atoms with Gasteiger partial charge in [0.25, 0.3) is 5.91 Å². The lowest BCUT2D eigenvalue weighted by molar-refractivity contribution is -0.137. The summed E-state index contributed by atoms with van der Waals surface area (Å²) in [6.45, 7) is 5.49. The Hall–Kier alpha value is -4.18. The van der Waals surface area contributed by atoms with Gasteiger partial charge >= 0.3 is 6.18 Å². The predicted octanol–water partition coefficient (Wildman–Crippen LogP) is 6.96. The van der Waals surface area contributed by atoms with E-state index in [9.17, 15) is 22.8 Å². The molecule has 2 heterocycles. The number of hydrogen-bond donors (Lipinski definition) is 3. The Labute approximate surface area is 227 Å². The van der Waals surface area contributed by atoms with Crippen molar-refractivity contribution in [2.24, 2.45) is 5.41 Å². The van der Waals surface area contributed by atoms with Crippen LogP contribution in [0.3, 0.4) is 0 Å². The molecule has 4 aromatic rings. The maximum atomic E-state index is 13.2. The van der Waals surface area contributed by atoms with E-state index in [1.54, 1.807) is 51.1 Å². The van der Waals surface area contributed by atoms with Crippen molar-refractivity contribution in [1.29, 1.82) is 0 Å². The quantitative estimate of drug-likeness (QED) is 0.239. The molecule has 0 unspecified atom stereocenters. The minimum absolute atomic E-state index is 0.0208. The number of carbonyl (C=O) groups is 2. The third kappa shape index (κ3) is 6.64. The monoisotopic (exact) mass is 555 g/mol. The summed E-state index contributed by atoms with van der Waals surface area (Å²) in [4.78, 5) is 33.9. The van der Waals surface area contributed by atoms with Crippen molar-refractivity contribution in [1.82, 2.24) is 15.3 Å². The molecule has 0 aliphatic rings. The highest BCUT2D eigenvalue weighted by molar-refractivity contribution is 6.34. The summed E-state index contributed by atoms with van der Waals surface area (Å²) in [6, 6.07) is 14.7. The number of benzene rings is 2. The SMILES string of the molecule is CC(C)(C)C(=O)NCc1ccc(Cl)c(C(=O)Nc2cccc3c(Nc4cccc(C(F)(F)F)c4)nccc23)n1. The van der Waals surface area contributed by atoms with Gasteiger partial charge in [-0.3, -0.25) is 9.59 Å². The molecule has 0 aliphatic carbocycles. The normalized spacial score (nSPS) is 11.8. The lowest BCUT2D eigenvalue weighted by atomic mass is 9.96. The van der Waals surface area contributed by atoms with E-state index in [0.717, 1.165) is 12.1 Å². The van der Waals surface area contributed by atoms with Crippen molar-refractivity contribution < 1.29 is 22.8 Å². The fraction of sp³-hybridized carbons (Fsp3) is 0.214. The van der Waals surface area contributed by atoms with E-state index < -0.39 is 23.1 Å². The third-order valence-electron chi connectivity index (χ3n) is 5.74. The molecule has 0 saturated heterocycles. The average molecular weight is 556 g/mol. The zero-order valence-corrected chi connectivity index (χ0v) is 22.0. The van der Waals surface area contributed by atoms with Crippen LogP contribution in [0.2, 0.25) is 5.02 Å². The molecule has 2 aromatic heterocycles. The zero-order chi connectivity index (χ0) is 28.4. The van der Waals surface area contributed by atoms with E-state index in [1.165, 1.54) is 24.4 Å². The van der Waals surface area contributed by atoms with E-state index in [4.69, 9.17) is 11.6 Å². The standard InChI is InChI=1S/C28H25ClF3N5O2/c1-27(2,3)26(39)34-15-18-10-11-21(29)23(35-18)25(38)37-22-9-5-8-20-19(22)12-13-33-24(20)36-17-7-4-6-16(14-17)28(30,31)32/h4-14H,15H2,1-3H3,(H,33,36)(H,34,39)(H,37,38). The Kier molecular flexibility index (Phi) is 7.78. The van der Waals surface area contributed by atoms with Crippen molar-refractivity contribution >= 4 is 51.4 Å². The van der Waals surface area contributed by atoms with Crippen LogP contribution in [0.15, 0.2) is 66.9 Å². The van der Waals surface area contributed by atoms with Gasteiger partial charge in [-0.2, -0.15) is 13.2 Å². The van der Waals surface area contributed by atoms with Crippen molar-refractivity contribution in [3.05, 3.63) is 88.8 Å². The van der Waals surface area contributed by atoms with E-state index in [0.29, 0.717) is 28.0 Å². The number of fused-ring (bicyclic) bond motifs is 1. The van der Waals surface area contributed by atoms with Crippen LogP contribution in [0.5, 0.6) is 0 Å². The Morgan fingerprint density at radius 2 is 1.69 bits per heavy atom. The first-order valence-corrected chi connectivity index (χ1v) is 12.3. The number of nitrogens with one attached hydrogen (secondary N) is 3. The Bertz CT molecular complexity index is 1550. The number of halogens is 4. The fourth-order valence-electron chi connectivity index (χ4n) is 3.68. The molecule has 0 spiro atoms. The average Bonchev–Trinajstić information content (AvgIpc) is 2.87. The first-order valence-electron chi connectivity index (χ1n) is 11.9. The van der Waals surface area contributed by atoms with Crippen LogP contribution in [0, 0.1) is 5.41 Å². The van der Waals surface area contributed by atoms with Gasteiger partial charge in [-0.25, -0.2) is 9.97 Å². The van der Waals surface area contributed by atoms with E-state index in [1.807, 2.05) is 0 Å². The van der Waals surface area contributed by atoms with Gasteiger partial charge in [0, 0.05) is 33.8 Å². The molecule has 0 bridgehead atoms. The highest BCUT2D eigenvalue weighted by Crippen LogP contribution is 2.33. The van der Waals surface area contributed by atoms with Gasteiger partial charge in [0.1, 0.15) is 11.5 Å². The van der Waals surface area contributed by atoms with Crippen molar-refractivity contribution in [3.63, 3.8) is 0 Å². The molecule has 39 heavy (non-hydrogen) atoms. The molecule has 0 atom stereocenters. The summed E-state index contributed by atoms with van der Waals surface area (Å²) in [6.07, 6.45) is -3.00. The van der Waals surface area contributed by atoms with Crippen molar-refractivity contribution in [2.45, 2.75) is 33.5 Å². The molecular formula is C28H25ClF3N5O2. The Balaban J connectivity index is 1.58. The topological polar surface area (TPSA) is 96.0 Å². The van der Waals surface area contributed by atoms with Gasteiger partial charge < -0.3 is 16.0 Å². The molecule has 0 radical (unpaired) electrons. The first-order chi connectivity index (χ1) is 18.3. The van der Waals surface area contributed by atoms with Crippen LogP contribution < -0.4 is 16.0 Å². The summed E-state index contributed by atoms with van der Waals surface area (Å²) in [5, 5.41) is 9.82. The highest BCUT2D eigenvalue weighted by atomic mass is 35.5. The number of carbonyl (C=O) groups excluding carboxylic acids is 2. The van der Waals surface area contributed by atoms with Gasteiger partial charge in [0.05, 0.1) is 22.8 Å². The summed E-state index contributed by atoms with van der Waals surface area (Å²) in [7, 11) is 0. The second-order valence-electron chi connectivity index (χ2n) is 9.78. The summed E-state index contributed by atoms with van der Waals surface area (Å²) < 4.78 is 39.4. The highest BCUT2D eigenvalue weighted by Gasteiger charge is 2.30. The van der Waals surface area contributed by atoms with Crippen LogP contribution in [0.4, 0.5) is 30.4 Å². The fourth-order valence-corrected chi connectivity index (χ4v) is 3.87. The number of rotatable bonds is 6. The predicted molar refractivity (Wildman–Crippen MR) is 145 cm³/mol. The van der Waals surface area contributed by atoms with Gasteiger partial charge in [0.2, 0.25) is 5.91 Å². The number of pyridine rings is 2. The molecule has 0 saturated carbocycles. The third-order valence-corrected chi connectivity index (χ3v) is 6.04. The van der Waals surface area contributed by atoms with Gasteiger partial charge in [0.15, 0.2) is 0 Å². The van der Waals surface area contributed by atoms with Gasteiger partial charge in [-0.05, 0) is 42.5 Å². The van der Waals surface area contributed by atoms with Crippen molar-refractivity contribution in [2.75, 3.05) is 10.6 Å². The van der Waals surface area contributed by atoms with Crippen LogP contribution in [0.1, 0.15) is 42.5 Å². The van der Waals surface area contributed by atoms with Crippen LogP contribution >= 0.6 is 11.6 Å². The van der Waals surface area contributed by atoms with E-state index in [2.05, 4.69) is 25.9 Å². The maximum absolute atomic E-state index is 13.2. The largest absolute Gasteiger partial charge is 0.416 e. The molecular weight excluding hydrogens is 531 g/mol. The molecule has 0 fully saturated rings. The first kappa shape index (κ1) is 27.8. The summed E-state index contributed by atoms with van der Waals surface area (Å²) in [5.41, 5.74) is -0.290. The van der Waals surface area contributed by atoms with E-state index >= 15 is 0 Å². The molecule has 3 N–H and O–H groups in total. The number of nitrogens with zero attached hydrogens (tertiary/aromatic N) is 2. The molecule has 2 amide bonds. The summed E-state index contributed by atoms with van der Waals surface area (Å²) >= 11 is 6.26. The second-order valence-corrected chi connectivity index (χ2v) is 10.2. The number of aromatic nitrogens is 2. The van der Waals surface area contributed by atoms with E-state index in [-0.39, 0.29) is 28.9 Å². The van der Waals surface area contributed by atoms with Crippen LogP contribution in [0.25, 0.3) is 10.8 Å². The number of hydrogen-bond acceptors (Lipinski definition) is 5. The minimum Gasteiger partial charge on any atom is -0.350 e. The zero-order valence-electron chi connectivity index (χ0n) is 21.3. The molecule has 4 rings (SSSR count). The lowest BCUT2D eigenvalue weighted by Gasteiger charge is -2.17. The lowest BCUT2D eigenvalue weighted by Crippen LogP contribution is -2.34. The minimum atomic E-state index is -4.48. The van der Waals surface area contributed by atoms with Gasteiger partial charge in [-0.1, -0.05) is 50.6 Å². The van der Waals surface area contributed by atoms with Crippen LogP contribution in [-0.2, 0) is 17.5 Å². The van der Waals surface area contributed by atoms with Crippen LogP contribution in [-0.4, -0.2) is 21.8 Å². The second kappa shape index (κ2) is 10.9. The Morgan fingerprint density at radius 1 is 0.949 bits per heavy atom. The number of anilines is 3. The van der Waals surface area contributed by atoms with Crippen molar-refractivity contribution in [3.8, 4) is 0 Å². The smallest absolute Gasteiger partial charge is 0.350 e. The molecule has 202 valence electrons. The maximum Gasteiger partial charge on any atom is 0.416 e. The number of alkyl halides is 3. The molecule has 2 aromatic carbocycles. The Morgan fingerprint density at radius 3 is 2.41 bits per heavy atom. The molecule has 7 nitrogen and oxygen atoms in total. The molecule has 0 aliphatic heterocycles. The molecule has 11 heteroatoms. The number of amides is 2.